The van der Waals surface area contributed by atoms with Gasteiger partial charge >= 0.3 is 0 Å². The Morgan fingerprint density at radius 3 is 1.90 bits per heavy atom. The van der Waals surface area contributed by atoms with E-state index in [9.17, 15) is 9.59 Å². The summed E-state index contributed by atoms with van der Waals surface area (Å²) >= 11 is 0. The van der Waals surface area contributed by atoms with Crippen LogP contribution in [0.2, 0.25) is 0 Å². The number of rotatable bonds is 4. The Balaban J connectivity index is 2.58. The zero-order chi connectivity index (χ0) is 15.1. The molecule has 1 aliphatic rings. The standard InChI is InChI=1S/C13H26N4O3/c1-12(18)10-16-6-4-14(2)5-7-17(9-8-16)11-13(19)15(3)20/h20H,4-11H2,1-3H3. The van der Waals surface area contributed by atoms with Crippen LogP contribution in [0.1, 0.15) is 6.92 Å². The Hall–Kier alpha value is -1.02. The van der Waals surface area contributed by atoms with Crippen LogP contribution in [0.15, 0.2) is 0 Å². The molecule has 0 atom stereocenters. The van der Waals surface area contributed by atoms with Crippen LogP contribution in [0.5, 0.6) is 0 Å². The summed E-state index contributed by atoms with van der Waals surface area (Å²) in [5, 5.41) is 9.78. The maximum absolute atomic E-state index is 11.6. The number of Topliss-reactive ketones (excluding diaryl/α,β-unsaturated/α-hetero) is 1. The number of carbonyl (C=O) groups excluding carboxylic acids is 2. The van der Waals surface area contributed by atoms with Gasteiger partial charge in [-0.1, -0.05) is 0 Å². The minimum atomic E-state index is -0.315. The topological polar surface area (TPSA) is 67.3 Å². The first-order valence-corrected chi connectivity index (χ1v) is 6.96. The lowest BCUT2D eigenvalue weighted by atomic mass is 10.3. The highest BCUT2D eigenvalue weighted by atomic mass is 16.5. The smallest absolute Gasteiger partial charge is 0.259 e. The summed E-state index contributed by atoms with van der Waals surface area (Å²) in [4.78, 5) is 29.2. The van der Waals surface area contributed by atoms with E-state index in [4.69, 9.17) is 5.21 Å². The molecule has 7 nitrogen and oxygen atoms in total. The number of amides is 1. The third-order valence-corrected chi connectivity index (χ3v) is 3.49. The third-order valence-electron chi connectivity index (χ3n) is 3.49. The maximum Gasteiger partial charge on any atom is 0.259 e. The molecule has 1 amide bonds. The molecule has 116 valence electrons. The van der Waals surface area contributed by atoms with Gasteiger partial charge in [0.2, 0.25) is 0 Å². The van der Waals surface area contributed by atoms with E-state index in [0.29, 0.717) is 11.6 Å². The van der Waals surface area contributed by atoms with E-state index in [2.05, 4.69) is 9.80 Å². The van der Waals surface area contributed by atoms with Crippen molar-refractivity contribution in [3.63, 3.8) is 0 Å². The molecule has 20 heavy (non-hydrogen) atoms. The van der Waals surface area contributed by atoms with Crippen LogP contribution >= 0.6 is 0 Å². The number of hydrogen-bond donors (Lipinski definition) is 1. The second-order valence-electron chi connectivity index (χ2n) is 5.47. The number of hydroxylamine groups is 2. The van der Waals surface area contributed by atoms with Gasteiger partial charge in [0.15, 0.2) is 0 Å². The molecular weight excluding hydrogens is 260 g/mol. The van der Waals surface area contributed by atoms with Gasteiger partial charge in [-0.3, -0.25) is 24.6 Å². The van der Waals surface area contributed by atoms with Gasteiger partial charge in [-0.05, 0) is 14.0 Å². The van der Waals surface area contributed by atoms with E-state index in [1.54, 1.807) is 6.92 Å². The van der Waals surface area contributed by atoms with Crippen LogP contribution in [-0.2, 0) is 9.59 Å². The van der Waals surface area contributed by atoms with Crippen LogP contribution in [-0.4, -0.2) is 103 Å². The molecule has 0 radical (unpaired) electrons. The van der Waals surface area contributed by atoms with E-state index in [1.165, 1.54) is 7.05 Å². The summed E-state index contributed by atoms with van der Waals surface area (Å²) in [7, 11) is 3.38. The first kappa shape index (κ1) is 17.0. The van der Waals surface area contributed by atoms with Gasteiger partial charge in [0.05, 0.1) is 13.1 Å². The highest BCUT2D eigenvalue weighted by Gasteiger charge is 2.18. The van der Waals surface area contributed by atoms with Crippen molar-refractivity contribution in [3.8, 4) is 0 Å². The fourth-order valence-electron chi connectivity index (χ4n) is 2.17. The molecule has 0 saturated carbocycles. The second-order valence-corrected chi connectivity index (χ2v) is 5.47. The number of nitrogens with zero attached hydrogens (tertiary/aromatic N) is 4. The normalized spacial score (nSPS) is 20.0. The number of hydrogen-bond acceptors (Lipinski definition) is 6. The van der Waals surface area contributed by atoms with Crippen molar-refractivity contribution in [2.75, 3.05) is 66.5 Å². The lowest BCUT2D eigenvalue weighted by Crippen LogP contribution is -2.42. The minimum Gasteiger partial charge on any atom is -0.304 e. The molecule has 1 N–H and O–H groups in total. The predicted molar refractivity (Wildman–Crippen MR) is 75.6 cm³/mol. The molecule has 1 aliphatic heterocycles. The Labute approximate surface area is 120 Å². The molecule has 0 aromatic rings. The van der Waals surface area contributed by atoms with Gasteiger partial charge in [-0.15, -0.1) is 0 Å². The molecule has 0 bridgehead atoms. The largest absolute Gasteiger partial charge is 0.304 e. The second kappa shape index (κ2) is 8.31. The van der Waals surface area contributed by atoms with E-state index in [0.717, 1.165) is 39.3 Å². The molecule has 1 saturated heterocycles. The summed E-state index contributed by atoms with van der Waals surface area (Å²) < 4.78 is 0. The average molecular weight is 286 g/mol. The van der Waals surface area contributed by atoms with Crippen LogP contribution in [0.3, 0.4) is 0 Å². The summed E-state index contributed by atoms with van der Waals surface area (Å²) in [6.07, 6.45) is 0. The number of likely N-dealkylation sites (N-methyl/N-ethyl adjacent to an activating group) is 2. The van der Waals surface area contributed by atoms with Crippen LogP contribution in [0, 0.1) is 0 Å². The van der Waals surface area contributed by atoms with E-state index in [-0.39, 0.29) is 18.2 Å². The van der Waals surface area contributed by atoms with Gasteiger partial charge in [0.1, 0.15) is 5.78 Å². The molecule has 0 aromatic heterocycles. The van der Waals surface area contributed by atoms with Crippen molar-refractivity contribution in [1.29, 1.82) is 0 Å². The summed E-state index contributed by atoms with van der Waals surface area (Å²) in [5.74, 6) is -0.158. The Bertz CT molecular complexity index is 336. The quantitative estimate of drug-likeness (QED) is 0.527. The summed E-state index contributed by atoms with van der Waals surface area (Å²) in [5.41, 5.74) is 0. The Kier molecular flexibility index (Phi) is 7.08. The lowest BCUT2D eigenvalue weighted by molar-refractivity contribution is -0.160. The minimum absolute atomic E-state index is 0.157. The summed E-state index contributed by atoms with van der Waals surface area (Å²) in [6, 6.07) is 0. The monoisotopic (exact) mass is 286 g/mol. The zero-order valence-electron chi connectivity index (χ0n) is 12.7. The third kappa shape index (κ3) is 6.42. The van der Waals surface area contributed by atoms with E-state index in [1.807, 2.05) is 11.9 Å². The van der Waals surface area contributed by atoms with Crippen LogP contribution < -0.4 is 0 Å². The fourth-order valence-corrected chi connectivity index (χ4v) is 2.17. The first-order valence-electron chi connectivity index (χ1n) is 6.96. The number of carbonyl (C=O) groups is 2. The SMILES string of the molecule is CC(=O)CN1CCN(C)CCN(CC(=O)N(C)O)CC1. The number of ketones is 1. The highest BCUT2D eigenvalue weighted by Crippen LogP contribution is 2.00. The zero-order valence-corrected chi connectivity index (χ0v) is 12.7. The fraction of sp³-hybridized carbons (Fsp3) is 0.846. The van der Waals surface area contributed by atoms with Crippen LogP contribution in [0.25, 0.3) is 0 Å². The van der Waals surface area contributed by atoms with Crippen molar-refractivity contribution in [2.45, 2.75) is 6.92 Å². The molecule has 1 rings (SSSR count). The molecular formula is C13H26N4O3. The van der Waals surface area contributed by atoms with Crippen molar-refractivity contribution in [1.82, 2.24) is 19.8 Å². The molecule has 0 unspecified atom stereocenters. The van der Waals surface area contributed by atoms with Crippen molar-refractivity contribution in [2.24, 2.45) is 0 Å². The molecule has 0 aromatic carbocycles. The van der Waals surface area contributed by atoms with E-state index >= 15 is 0 Å². The molecule has 0 spiro atoms. The van der Waals surface area contributed by atoms with Crippen LogP contribution in [0.4, 0.5) is 0 Å². The lowest BCUT2D eigenvalue weighted by Gasteiger charge is -2.25. The van der Waals surface area contributed by atoms with Gasteiger partial charge in [0.25, 0.3) is 5.91 Å². The van der Waals surface area contributed by atoms with Gasteiger partial charge in [0, 0.05) is 46.3 Å². The van der Waals surface area contributed by atoms with Gasteiger partial charge in [-0.25, -0.2) is 5.06 Å². The van der Waals surface area contributed by atoms with Crippen molar-refractivity contribution < 1.29 is 14.8 Å². The van der Waals surface area contributed by atoms with Gasteiger partial charge in [-0.2, -0.15) is 0 Å². The molecule has 7 heteroatoms. The van der Waals surface area contributed by atoms with E-state index < -0.39 is 0 Å². The maximum atomic E-state index is 11.6. The molecule has 1 fully saturated rings. The Morgan fingerprint density at radius 1 is 1.00 bits per heavy atom. The average Bonchev–Trinajstić information content (AvgIpc) is 2.43. The molecule has 0 aliphatic carbocycles. The molecule has 1 heterocycles. The van der Waals surface area contributed by atoms with Gasteiger partial charge < -0.3 is 4.90 Å². The first-order chi connectivity index (χ1) is 9.38. The summed E-state index contributed by atoms with van der Waals surface area (Å²) in [6.45, 7) is 7.16. The van der Waals surface area contributed by atoms with Crippen molar-refractivity contribution >= 4 is 11.7 Å². The Morgan fingerprint density at radius 2 is 1.45 bits per heavy atom. The highest BCUT2D eigenvalue weighted by molar-refractivity contribution is 5.77. The predicted octanol–water partition coefficient (Wildman–Crippen LogP) is -1.03. The van der Waals surface area contributed by atoms with Crippen molar-refractivity contribution in [3.05, 3.63) is 0 Å².